The number of benzene rings is 3. The fraction of sp³-hybridized carbons (Fsp3) is 0.167. The largest absolute Gasteiger partial charge is 0.377 e. The monoisotopic (exact) mass is 402 g/mol. The van der Waals surface area contributed by atoms with Crippen LogP contribution < -0.4 is 5.32 Å². The highest BCUT2D eigenvalue weighted by Gasteiger charge is 2.39. The molecule has 0 bridgehead atoms. The van der Waals surface area contributed by atoms with Crippen molar-refractivity contribution in [3.63, 3.8) is 0 Å². The molecule has 0 radical (unpaired) electrons. The Hall–Kier alpha value is -3.11. The van der Waals surface area contributed by atoms with E-state index in [2.05, 4.69) is 47.8 Å². The van der Waals surface area contributed by atoms with E-state index < -0.39 is 0 Å². The first-order valence-electron chi connectivity index (χ1n) is 9.69. The summed E-state index contributed by atoms with van der Waals surface area (Å²) in [5, 5.41) is 15.6. The number of rotatable bonds is 3. The highest BCUT2D eigenvalue weighted by atomic mass is 35.5. The van der Waals surface area contributed by atoms with Gasteiger partial charge in [0.05, 0.1) is 11.0 Å². The lowest BCUT2D eigenvalue weighted by molar-refractivity contribution is -0.384. The van der Waals surface area contributed by atoms with E-state index in [1.807, 2.05) is 18.2 Å². The number of anilines is 1. The number of nitrogens with zero attached hydrogens (tertiary/aromatic N) is 1. The van der Waals surface area contributed by atoms with Gasteiger partial charge in [0.15, 0.2) is 0 Å². The molecule has 0 saturated heterocycles. The van der Waals surface area contributed by atoms with Crippen molar-refractivity contribution < 1.29 is 4.92 Å². The zero-order valence-corrected chi connectivity index (χ0v) is 16.3. The number of hydrogen-bond acceptors (Lipinski definition) is 3. The van der Waals surface area contributed by atoms with Crippen LogP contribution in [0.4, 0.5) is 11.4 Å². The average Bonchev–Trinajstić information content (AvgIpc) is 3.24. The molecule has 144 valence electrons. The number of non-ortho nitro benzene ring substituents is 1. The summed E-state index contributed by atoms with van der Waals surface area (Å²) in [6, 6.07) is 21.3. The third kappa shape index (κ3) is 3.00. The van der Waals surface area contributed by atoms with Gasteiger partial charge in [-0.15, -0.1) is 0 Å². The Kier molecular flexibility index (Phi) is 4.36. The predicted octanol–water partition coefficient (Wildman–Crippen LogP) is 6.74. The molecule has 0 amide bonds. The molecule has 0 aromatic heterocycles. The molecule has 3 aromatic rings. The number of para-hydroxylation sites is 1. The van der Waals surface area contributed by atoms with Crippen molar-refractivity contribution in [2.75, 3.05) is 5.32 Å². The molecule has 4 nitrogen and oxygen atoms in total. The van der Waals surface area contributed by atoms with Crippen molar-refractivity contribution in [1.29, 1.82) is 0 Å². The topological polar surface area (TPSA) is 55.2 Å². The molecule has 3 aromatic carbocycles. The summed E-state index contributed by atoms with van der Waals surface area (Å²) >= 11 is 6.53. The van der Waals surface area contributed by atoms with Crippen LogP contribution in [-0.4, -0.2) is 4.92 Å². The second kappa shape index (κ2) is 7.05. The molecule has 0 saturated carbocycles. The lowest BCUT2D eigenvalue weighted by Gasteiger charge is -2.38. The molecular formula is C24H19ClN2O2. The molecule has 1 aliphatic carbocycles. The fourth-order valence-electron chi connectivity index (χ4n) is 4.67. The summed E-state index contributed by atoms with van der Waals surface area (Å²) in [6.07, 6.45) is 5.38. The maximum absolute atomic E-state index is 11.3. The summed E-state index contributed by atoms with van der Waals surface area (Å²) in [5.74, 6) is 0.531. The first-order chi connectivity index (χ1) is 14.1. The Bertz CT molecular complexity index is 1130. The summed E-state index contributed by atoms with van der Waals surface area (Å²) < 4.78 is 0. The SMILES string of the molecule is O=[N+]([O-])c1ccc(Cl)c([C@@H]2Nc3c(-c4ccccc4)cccc3[C@H]3C=CC[C@@H]32)c1. The van der Waals surface area contributed by atoms with Crippen molar-refractivity contribution in [3.8, 4) is 11.1 Å². The second-order valence-corrected chi connectivity index (χ2v) is 7.98. The van der Waals surface area contributed by atoms with E-state index in [0.29, 0.717) is 5.02 Å². The standard InChI is InChI=1S/C24H19ClN2O2/c25-22-13-12-16(27(28)29)14-21(22)24-20-11-5-9-18(20)19-10-4-8-17(23(19)26-24)15-6-2-1-3-7-15/h1-10,12-14,18,20,24,26H,11H2/t18-,20+,24-/m1/s1. The zero-order chi connectivity index (χ0) is 20.0. The minimum absolute atomic E-state index is 0.0656. The van der Waals surface area contributed by atoms with Crippen LogP contribution in [0.1, 0.15) is 29.5 Å². The van der Waals surface area contributed by atoms with Crippen LogP contribution in [0.5, 0.6) is 0 Å². The van der Waals surface area contributed by atoms with Gasteiger partial charge in [-0.2, -0.15) is 0 Å². The highest BCUT2D eigenvalue weighted by molar-refractivity contribution is 6.31. The van der Waals surface area contributed by atoms with Crippen LogP contribution >= 0.6 is 11.6 Å². The van der Waals surface area contributed by atoms with E-state index in [1.165, 1.54) is 11.6 Å². The average molecular weight is 403 g/mol. The Balaban J connectivity index is 1.66. The lowest BCUT2D eigenvalue weighted by Crippen LogP contribution is -2.29. The van der Waals surface area contributed by atoms with Crippen LogP contribution in [0, 0.1) is 16.0 Å². The fourth-order valence-corrected chi connectivity index (χ4v) is 4.91. The smallest absolute Gasteiger partial charge is 0.269 e. The molecule has 5 heteroatoms. The van der Waals surface area contributed by atoms with Crippen molar-refractivity contribution in [3.05, 3.63) is 105 Å². The zero-order valence-electron chi connectivity index (χ0n) is 15.6. The molecule has 5 rings (SSSR count). The van der Waals surface area contributed by atoms with E-state index in [4.69, 9.17) is 11.6 Å². The molecule has 0 unspecified atom stereocenters. The molecule has 29 heavy (non-hydrogen) atoms. The number of halogens is 1. The predicted molar refractivity (Wildman–Crippen MR) is 116 cm³/mol. The quantitative estimate of drug-likeness (QED) is 0.300. The van der Waals surface area contributed by atoms with Crippen molar-refractivity contribution in [2.24, 2.45) is 5.92 Å². The van der Waals surface area contributed by atoms with E-state index in [-0.39, 0.29) is 28.5 Å². The van der Waals surface area contributed by atoms with Gasteiger partial charge >= 0.3 is 0 Å². The maximum Gasteiger partial charge on any atom is 0.269 e. The van der Waals surface area contributed by atoms with E-state index in [0.717, 1.165) is 28.8 Å². The summed E-state index contributed by atoms with van der Waals surface area (Å²) in [6.45, 7) is 0. The normalized spacial score (nSPS) is 21.9. The minimum atomic E-state index is -0.365. The first-order valence-corrected chi connectivity index (χ1v) is 10.1. The highest BCUT2D eigenvalue weighted by Crippen LogP contribution is 2.53. The van der Waals surface area contributed by atoms with Crippen molar-refractivity contribution >= 4 is 23.0 Å². The van der Waals surface area contributed by atoms with Gasteiger partial charge < -0.3 is 5.32 Å². The number of nitro benzene ring substituents is 1. The van der Waals surface area contributed by atoms with E-state index in [9.17, 15) is 10.1 Å². The van der Waals surface area contributed by atoms with E-state index in [1.54, 1.807) is 12.1 Å². The molecule has 1 N–H and O–H groups in total. The third-order valence-corrected chi connectivity index (χ3v) is 6.35. The van der Waals surface area contributed by atoms with Crippen LogP contribution in [0.2, 0.25) is 5.02 Å². The van der Waals surface area contributed by atoms with Gasteiger partial charge in [-0.25, -0.2) is 0 Å². The number of allylic oxidation sites excluding steroid dienone is 2. The molecule has 0 fully saturated rings. The van der Waals surface area contributed by atoms with Crippen molar-refractivity contribution in [1.82, 2.24) is 0 Å². The van der Waals surface area contributed by atoms with E-state index >= 15 is 0 Å². The van der Waals surface area contributed by atoms with Gasteiger partial charge in [0.1, 0.15) is 0 Å². The van der Waals surface area contributed by atoms with Gasteiger partial charge in [-0.3, -0.25) is 10.1 Å². The van der Waals surface area contributed by atoms with Crippen LogP contribution in [0.25, 0.3) is 11.1 Å². The third-order valence-electron chi connectivity index (χ3n) is 6.01. The summed E-state index contributed by atoms with van der Waals surface area (Å²) in [5.41, 5.74) is 5.47. The van der Waals surface area contributed by atoms with Crippen LogP contribution in [-0.2, 0) is 0 Å². The first kappa shape index (κ1) is 18.0. The summed E-state index contributed by atoms with van der Waals surface area (Å²) in [4.78, 5) is 11.0. The van der Waals surface area contributed by atoms with Gasteiger partial charge in [-0.05, 0) is 29.5 Å². The maximum atomic E-state index is 11.3. The van der Waals surface area contributed by atoms with Crippen LogP contribution in [0.3, 0.4) is 0 Å². The molecule has 3 atom stereocenters. The Morgan fingerprint density at radius 1 is 1.00 bits per heavy atom. The molecule has 1 heterocycles. The minimum Gasteiger partial charge on any atom is -0.377 e. The molecule has 1 aliphatic heterocycles. The Morgan fingerprint density at radius 2 is 1.83 bits per heavy atom. The van der Waals surface area contributed by atoms with Crippen molar-refractivity contribution in [2.45, 2.75) is 18.4 Å². The Labute approximate surface area is 174 Å². The molecule has 2 aliphatic rings. The summed E-state index contributed by atoms with van der Waals surface area (Å²) in [7, 11) is 0. The number of fused-ring (bicyclic) bond motifs is 3. The number of nitro groups is 1. The number of nitrogens with one attached hydrogen (secondary N) is 1. The van der Waals surface area contributed by atoms with Gasteiger partial charge in [0, 0.05) is 39.9 Å². The van der Waals surface area contributed by atoms with Gasteiger partial charge in [-0.1, -0.05) is 72.3 Å². The van der Waals surface area contributed by atoms with Crippen LogP contribution in [0.15, 0.2) is 78.9 Å². The second-order valence-electron chi connectivity index (χ2n) is 7.57. The molecule has 0 spiro atoms. The lowest BCUT2D eigenvalue weighted by atomic mass is 9.76. The van der Waals surface area contributed by atoms with Gasteiger partial charge in [0.25, 0.3) is 5.69 Å². The molecular weight excluding hydrogens is 384 g/mol. The number of hydrogen-bond donors (Lipinski definition) is 1. The Morgan fingerprint density at radius 3 is 2.62 bits per heavy atom. The van der Waals surface area contributed by atoms with Gasteiger partial charge in [0.2, 0.25) is 0 Å².